The van der Waals surface area contributed by atoms with Gasteiger partial charge in [0, 0.05) is 6.42 Å². The lowest BCUT2D eigenvalue weighted by atomic mass is 10.2. The summed E-state index contributed by atoms with van der Waals surface area (Å²) in [6.45, 7) is 0.612. The minimum absolute atomic E-state index is 0.597. The van der Waals surface area contributed by atoms with Gasteiger partial charge in [-0.3, -0.25) is 0 Å². The van der Waals surface area contributed by atoms with Crippen LogP contribution in [0.2, 0.25) is 0 Å². The van der Waals surface area contributed by atoms with E-state index >= 15 is 0 Å². The SMILES string of the molecule is F[C@H]1CCCCO1. The first-order chi connectivity index (χ1) is 3.39. The number of rotatable bonds is 0. The summed E-state index contributed by atoms with van der Waals surface area (Å²) in [5, 5.41) is 0. The van der Waals surface area contributed by atoms with E-state index in [2.05, 4.69) is 4.74 Å². The van der Waals surface area contributed by atoms with Crippen LogP contribution in [0.15, 0.2) is 0 Å². The Morgan fingerprint density at radius 2 is 2.29 bits per heavy atom. The average molecular weight is 104 g/mol. The Labute approximate surface area is 42.5 Å². The first-order valence-electron chi connectivity index (χ1n) is 2.65. The highest BCUT2D eigenvalue weighted by atomic mass is 19.1. The lowest BCUT2D eigenvalue weighted by Gasteiger charge is -2.13. The fraction of sp³-hybridized carbons (Fsp3) is 1.00. The second-order valence-electron chi connectivity index (χ2n) is 1.78. The normalized spacial score (nSPS) is 33.0. The summed E-state index contributed by atoms with van der Waals surface area (Å²) in [7, 11) is 0. The molecule has 1 aliphatic heterocycles. The molecule has 2 heteroatoms. The van der Waals surface area contributed by atoms with Gasteiger partial charge in [-0.1, -0.05) is 0 Å². The van der Waals surface area contributed by atoms with Gasteiger partial charge in [0.1, 0.15) is 0 Å². The van der Waals surface area contributed by atoms with E-state index in [-0.39, 0.29) is 0 Å². The van der Waals surface area contributed by atoms with Crippen LogP contribution in [0.5, 0.6) is 0 Å². The lowest BCUT2D eigenvalue weighted by Crippen LogP contribution is -2.12. The molecule has 1 rings (SSSR count). The van der Waals surface area contributed by atoms with Gasteiger partial charge in [-0.05, 0) is 12.8 Å². The molecule has 0 aromatic heterocycles. The van der Waals surface area contributed by atoms with Crippen LogP contribution in [0.1, 0.15) is 19.3 Å². The van der Waals surface area contributed by atoms with Crippen molar-refractivity contribution < 1.29 is 9.13 Å². The van der Waals surface area contributed by atoms with Crippen LogP contribution >= 0.6 is 0 Å². The second-order valence-corrected chi connectivity index (χ2v) is 1.78. The van der Waals surface area contributed by atoms with Crippen molar-refractivity contribution in [2.45, 2.75) is 25.6 Å². The van der Waals surface area contributed by atoms with Crippen molar-refractivity contribution >= 4 is 0 Å². The molecule has 0 aromatic rings. The van der Waals surface area contributed by atoms with E-state index in [1.807, 2.05) is 0 Å². The Balaban J connectivity index is 2.12. The minimum Gasteiger partial charge on any atom is -0.348 e. The molecule has 0 aliphatic carbocycles. The van der Waals surface area contributed by atoms with Gasteiger partial charge in [-0.15, -0.1) is 0 Å². The van der Waals surface area contributed by atoms with Crippen molar-refractivity contribution in [3.63, 3.8) is 0 Å². The summed E-state index contributed by atoms with van der Waals surface area (Å²) < 4.78 is 16.6. The van der Waals surface area contributed by atoms with E-state index in [1.165, 1.54) is 0 Å². The van der Waals surface area contributed by atoms with Gasteiger partial charge in [-0.25, -0.2) is 4.39 Å². The van der Waals surface area contributed by atoms with Crippen molar-refractivity contribution in [1.82, 2.24) is 0 Å². The molecular formula is C5H9FO. The summed E-state index contributed by atoms with van der Waals surface area (Å²) in [6.07, 6.45) is 1.65. The Morgan fingerprint density at radius 1 is 1.43 bits per heavy atom. The molecule has 1 nitrogen and oxygen atoms in total. The number of alkyl halides is 1. The molecule has 0 radical (unpaired) electrons. The highest BCUT2D eigenvalue weighted by Gasteiger charge is 2.09. The summed E-state index contributed by atoms with van der Waals surface area (Å²) in [4.78, 5) is 0. The molecule has 0 N–H and O–H groups in total. The Kier molecular flexibility index (Phi) is 1.63. The fourth-order valence-corrected chi connectivity index (χ4v) is 0.701. The largest absolute Gasteiger partial charge is 0.348 e. The standard InChI is InChI=1S/C5H9FO/c6-5-3-1-2-4-7-5/h5H,1-4H2/t5-/m1/s1. The van der Waals surface area contributed by atoms with Gasteiger partial charge in [0.05, 0.1) is 6.61 Å². The first kappa shape index (κ1) is 5.04. The number of halogens is 1. The van der Waals surface area contributed by atoms with Crippen LogP contribution in [0.25, 0.3) is 0 Å². The first-order valence-corrected chi connectivity index (χ1v) is 2.65. The third-order valence-electron chi connectivity index (χ3n) is 1.12. The molecule has 1 saturated heterocycles. The van der Waals surface area contributed by atoms with E-state index in [1.54, 1.807) is 0 Å². The van der Waals surface area contributed by atoms with E-state index in [4.69, 9.17) is 0 Å². The van der Waals surface area contributed by atoms with Crippen LogP contribution in [0.3, 0.4) is 0 Å². The topological polar surface area (TPSA) is 9.23 Å². The van der Waals surface area contributed by atoms with Gasteiger partial charge in [-0.2, -0.15) is 0 Å². The van der Waals surface area contributed by atoms with Crippen molar-refractivity contribution in [3.05, 3.63) is 0 Å². The lowest BCUT2D eigenvalue weighted by molar-refractivity contribution is -0.0677. The maximum atomic E-state index is 12.0. The van der Waals surface area contributed by atoms with Crippen molar-refractivity contribution in [3.8, 4) is 0 Å². The molecule has 0 amide bonds. The molecule has 1 fully saturated rings. The second kappa shape index (κ2) is 2.26. The highest BCUT2D eigenvalue weighted by molar-refractivity contribution is 4.50. The molecule has 7 heavy (non-hydrogen) atoms. The predicted octanol–water partition coefficient (Wildman–Crippen LogP) is 1.48. The molecule has 1 heterocycles. The van der Waals surface area contributed by atoms with Gasteiger partial charge >= 0.3 is 0 Å². The number of ether oxygens (including phenoxy) is 1. The average Bonchev–Trinajstić information content (AvgIpc) is 1.69. The number of hydrogen-bond donors (Lipinski definition) is 0. The van der Waals surface area contributed by atoms with E-state index in [9.17, 15) is 4.39 Å². The predicted molar refractivity (Wildman–Crippen MR) is 24.7 cm³/mol. The molecule has 0 unspecified atom stereocenters. The molecule has 42 valence electrons. The molecule has 0 bridgehead atoms. The monoisotopic (exact) mass is 104 g/mol. The molecule has 1 aliphatic rings. The Morgan fingerprint density at radius 3 is 2.57 bits per heavy atom. The zero-order chi connectivity index (χ0) is 5.11. The molecule has 0 spiro atoms. The molecule has 1 atom stereocenters. The Hall–Kier alpha value is -0.110. The summed E-state index contributed by atoms with van der Waals surface area (Å²) in [6, 6.07) is 0. The van der Waals surface area contributed by atoms with Crippen LogP contribution in [-0.4, -0.2) is 13.0 Å². The Bertz CT molecular complexity index is 50.0. The van der Waals surface area contributed by atoms with Gasteiger partial charge in [0.25, 0.3) is 0 Å². The molecule has 0 aromatic carbocycles. The third-order valence-corrected chi connectivity index (χ3v) is 1.12. The van der Waals surface area contributed by atoms with Crippen LogP contribution in [0.4, 0.5) is 4.39 Å². The zero-order valence-corrected chi connectivity index (χ0v) is 4.19. The summed E-state index contributed by atoms with van der Waals surface area (Å²) in [5.41, 5.74) is 0. The van der Waals surface area contributed by atoms with E-state index in [0.29, 0.717) is 13.0 Å². The fourth-order valence-electron chi connectivity index (χ4n) is 0.701. The minimum atomic E-state index is -0.964. The van der Waals surface area contributed by atoms with Gasteiger partial charge < -0.3 is 4.74 Å². The van der Waals surface area contributed by atoms with E-state index in [0.717, 1.165) is 12.8 Å². The quantitative estimate of drug-likeness (QED) is 0.452. The highest BCUT2D eigenvalue weighted by Crippen LogP contribution is 2.12. The smallest absolute Gasteiger partial charge is 0.198 e. The van der Waals surface area contributed by atoms with Gasteiger partial charge in [0.15, 0.2) is 6.36 Å². The summed E-state index contributed by atoms with van der Waals surface area (Å²) in [5.74, 6) is 0. The molecule has 0 saturated carbocycles. The van der Waals surface area contributed by atoms with Gasteiger partial charge in [0.2, 0.25) is 0 Å². The maximum absolute atomic E-state index is 12.0. The summed E-state index contributed by atoms with van der Waals surface area (Å²) >= 11 is 0. The van der Waals surface area contributed by atoms with E-state index < -0.39 is 6.36 Å². The number of hydrogen-bond acceptors (Lipinski definition) is 1. The van der Waals surface area contributed by atoms with Crippen LogP contribution in [0, 0.1) is 0 Å². The van der Waals surface area contributed by atoms with Crippen LogP contribution < -0.4 is 0 Å². The molecular weight excluding hydrogens is 95.1 g/mol. The van der Waals surface area contributed by atoms with Crippen molar-refractivity contribution in [2.24, 2.45) is 0 Å². The van der Waals surface area contributed by atoms with Crippen molar-refractivity contribution in [1.29, 1.82) is 0 Å². The van der Waals surface area contributed by atoms with Crippen LogP contribution in [-0.2, 0) is 4.74 Å². The van der Waals surface area contributed by atoms with Crippen molar-refractivity contribution in [2.75, 3.05) is 6.61 Å². The zero-order valence-electron chi connectivity index (χ0n) is 4.19. The maximum Gasteiger partial charge on any atom is 0.198 e. The third kappa shape index (κ3) is 1.43.